The van der Waals surface area contributed by atoms with E-state index in [2.05, 4.69) is 23.8 Å². The number of hydrogen-bond acceptors (Lipinski definition) is 4. The molecule has 74 valence electrons. The lowest BCUT2D eigenvalue weighted by atomic mass is 10.1. The van der Waals surface area contributed by atoms with Crippen LogP contribution in [-0.4, -0.2) is 9.97 Å². The van der Waals surface area contributed by atoms with Crippen LogP contribution in [0.3, 0.4) is 0 Å². The molecule has 4 heteroatoms. The number of rotatable bonds is 2. The van der Waals surface area contributed by atoms with Crippen LogP contribution in [0.1, 0.15) is 19.7 Å². The van der Waals surface area contributed by atoms with Crippen LogP contribution in [0.5, 0.6) is 0 Å². The Balaban J connectivity index is 2.41. The number of nitrogens with two attached hydrogens (primary N) is 1. The van der Waals surface area contributed by atoms with Gasteiger partial charge in [0.05, 0.1) is 0 Å². The van der Waals surface area contributed by atoms with Gasteiger partial charge in [0, 0.05) is 6.42 Å². The fourth-order valence-corrected chi connectivity index (χ4v) is 1.31. The average molecular weight is 191 g/mol. The van der Waals surface area contributed by atoms with Gasteiger partial charge in [-0.3, -0.25) is 0 Å². The van der Waals surface area contributed by atoms with E-state index in [9.17, 15) is 0 Å². The summed E-state index contributed by atoms with van der Waals surface area (Å²) in [5, 5.41) is 0. The molecule has 0 radical (unpaired) electrons. The number of nitrogens with zero attached hydrogens (tertiary/aromatic N) is 2. The van der Waals surface area contributed by atoms with Crippen LogP contribution < -0.4 is 5.73 Å². The summed E-state index contributed by atoms with van der Waals surface area (Å²) in [6, 6.07) is 3.55. The van der Waals surface area contributed by atoms with Gasteiger partial charge < -0.3 is 10.2 Å². The van der Waals surface area contributed by atoms with Crippen LogP contribution >= 0.6 is 0 Å². The Hall–Kier alpha value is -1.58. The number of fused-ring (bicyclic) bond motifs is 1. The summed E-state index contributed by atoms with van der Waals surface area (Å²) in [5.74, 6) is 1.72. The quantitative estimate of drug-likeness (QED) is 0.788. The van der Waals surface area contributed by atoms with Gasteiger partial charge >= 0.3 is 0 Å². The van der Waals surface area contributed by atoms with Crippen molar-refractivity contribution in [3.05, 3.63) is 18.0 Å². The molecule has 0 aromatic carbocycles. The molecule has 0 spiro atoms. The molecule has 0 unspecified atom stereocenters. The molecule has 4 nitrogen and oxygen atoms in total. The molecule has 0 aliphatic heterocycles. The normalized spacial score (nSPS) is 11.4. The van der Waals surface area contributed by atoms with E-state index in [0.29, 0.717) is 17.4 Å². The Morgan fingerprint density at radius 2 is 2.14 bits per heavy atom. The van der Waals surface area contributed by atoms with Crippen molar-refractivity contribution in [3.63, 3.8) is 0 Å². The second kappa shape index (κ2) is 3.29. The first-order valence-electron chi connectivity index (χ1n) is 4.67. The lowest BCUT2D eigenvalue weighted by Gasteiger charge is -1.96. The molecule has 0 amide bonds. The van der Waals surface area contributed by atoms with Crippen molar-refractivity contribution in [2.24, 2.45) is 5.92 Å². The Bertz CT molecular complexity index is 448. The molecule has 0 fully saturated rings. The topological polar surface area (TPSA) is 64.9 Å². The molecule has 2 aromatic heterocycles. The zero-order chi connectivity index (χ0) is 10.1. The van der Waals surface area contributed by atoms with Gasteiger partial charge in [-0.25, -0.2) is 4.98 Å². The molecule has 0 aliphatic carbocycles. The zero-order valence-corrected chi connectivity index (χ0v) is 8.32. The third-order valence-electron chi connectivity index (χ3n) is 1.90. The van der Waals surface area contributed by atoms with Crippen molar-refractivity contribution in [2.45, 2.75) is 20.3 Å². The highest BCUT2D eigenvalue weighted by molar-refractivity contribution is 5.69. The highest BCUT2D eigenvalue weighted by Gasteiger charge is 2.08. The summed E-state index contributed by atoms with van der Waals surface area (Å²) in [6.45, 7) is 4.24. The summed E-state index contributed by atoms with van der Waals surface area (Å²) in [6.07, 6.45) is 0.830. The summed E-state index contributed by atoms with van der Waals surface area (Å²) < 4.78 is 5.46. The molecule has 0 aliphatic rings. The van der Waals surface area contributed by atoms with Crippen LogP contribution in [-0.2, 0) is 6.42 Å². The average Bonchev–Trinajstić information content (AvgIpc) is 2.44. The maximum atomic E-state index is 5.54. The highest BCUT2D eigenvalue weighted by atomic mass is 16.4. The summed E-state index contributed by atoms with van der Waals surface area (Å²) >= 11 is 0. The lowest BCUT2D eigenvalue weighted by molar-refractivity contribution is 0.477. The van der Waals surface area contributed by atoms with Gasteiger partial charge in [0.15, 0.2) is 5.89 Å². The van der Waals surface area contributed by atoms with Crippen LogP contribution in [0.15, 0.2) is 16.5 Å². The SMILES string of the molecule is CC(C)Cc1nc2ccc(N)nc2o1. The zero-order valence-electron chi connectivity index (χ0n) is 8.32. The molecule has 14 heavy (non-hydrogen) atoms. The predicted molar refractivity (Wildman–Crippen MR) is 54.8 cm³/mol. The molecule has 2 rings (SSSR count). The predicted octanol–water partition coefficient (Wildman–Crippen LogP) is 2.00. The van der Waals surface area contributed by atoms with E-state index in [-0.39, 0.29) is 0 Å². The first-order chi connectivity index (χ1) is 6.65. The molecule has 2 heterocycles. The van der Waals surface area contributed by atoms with Gasteiger partial charge in [-0.1, -0.05) is 13.8 Å². The summed E-state index contributed by atoms with van der Waals surface area (Å²) in [5.41, 5.74) is 6.84. The Labute approximate surface area is 82.1 Å². The molecule has 2 aromatic rings. The second-order valence-electron chi connectivity index (χ2n) is 3.77. The van der Waals surface area contributed by atoms with Crippen molar-refractivity contribution < 1.29 is 4.42 Å². The minimum atomic E-state index is 0.463. The fourth-order valence-electron chi connectivity index (χ4n) is 1.31. The third-order valence-corrected chi connectivity index (χ3v) is 1.90. The van der Waals surface area contributed by atoms with Crippen LogP contribution in [0.25, 0.3) is 11.2 Å². The van der Waals surface area contributed by atoms with Crippen molar-refractivity contribution in [1.82, 2.24) is 9.97 Å². The molecule has 0 atom stereocenters. The van der Waals surface area contributed by atoms with Crippen molar-refractivity contribution in [2.75, 3.05) is 5.73 Å². The van der Waals surface area contributed by atoms with Crippen molar-refractivity contribution >= 4 is 17.0 Å². The van der Waals surface area contributed by atoms with Crippen molar-refractivity contribution in [3.8, 4) is 0 Å². The van der Waals surface area contributed by atoms with Gasteiger partial charge in [0.2, 0.25) is 5.71 Å². The lowest BCUT2D eigenvalue weighted by Crippen LogP contribution is -1.93. The van der Waals surface area contributed by atoms with Gasteiger partial charge in [-0.2, -0.15) is 4.98 Å². The van der Waals surface area contributed by atoms with Gasteiger partial charge in [0.25, 0.3) is 0 Å². The van der Waals surface area contributed by atoms with E-state index in [4.69, 9.17) is 10.2 Å². The first-order valence-corrected chi connectivity index (χ1v) is 4.67. The highest BCUT2D eigenvalue weighted by Crippen LogP contribution is 2.16. The van der Waals surface area contributed by atoms with E-state index in [0.717, 1.165) is 17.8 Å². The molecule has 0 bridgehead atoms. The third kappa shape index (κ3) is 1.69. The Kier molecular flexibility index (Phi) is 2.11. The minimum Gasteiger partial charge on any atom is -0.422 e. The number of oxazole rings is 1. The Morgan fingerprint density at radius 1 is 1.36 bits per heavy atom. The largest absolute Gasteiger partial charge is 0.422 e. The first kappa shape index (κ1) is 8.99. The van der Waals surface area contributed by atoms with Crippen LogP contribution in [0, 0.1) is 5.92 Å². The molecule has 2 N–H and O–H groups in total. The monoisotopic (exact) mass is 191 g/mol. The molecule has 0 saturated heterocycles. The van der Waals surface area contributed by atoms with Gasteiger partial charge in [0.1, 0.15) is 11.3 Å². The van der Waals surface area contributed by atoms with Crippen molar-refractivity contribution in [1.29, 1.82) is 0 Å². The number of aromatic nitrogens is 2. The van der Waals surface area contributed by atoms with E-state index >= 15 is 0 Å². The second-order valence-corrected chi connectivity index (χ2v) is 3.77. The molecular weight excluding hydrogens is 178 g/mol. The number of nitrogen functional groups attached to an aromatic ring is 1. The standard InChI is InChI=1S/C10H13N3O/c1-6(2)5-9-12-7-3-4-8(11)13-10(7)14-9/h3-4,6H,5H2,1-2H3,(H2,11,13). The van der Waals surface area contributed by atoms with Gasteiger partial charge in [-0.05, 0) is 18.1 Å². The number of pyridine rings is 1. The number of anilines is 1. The number of hydrogen-bond donors (Lipinski definition) is 1. The summed E-state index contributed by atoms with van der Waals surface area (Å²) in [7, 11) is 0. The maximum absolute atomic E-state index is 5.54. The molecular formula is C10H13N3O. The van der Waals surface area contributed by atoms with Crippen LogP contribution in [0.4, 0.5) is 5.82 Å². The minimum absolute atomic E-state index is 0.463. The van der Waals surface area contributed by atoms with E-state index in [1.165, 1.54) is 0 Å². The fraction of sp³-hybridized carbons (Fsp3) is 0.400. The molecule has 0 saturated carbocycles. The summed E-state index contributed by atoms with van der Waals surface area (Å²) in [4.78, 5) is 8.36. The smallest absolute Gasteiger partial charge is 0.248 e. The van der Waals surface area contributed by atoms with E-state index < -0.39 is 0 Å². The van der Waals surface area contributed by atoms with Crippen LogP contribution in [0.2, 0.25) is 0 Å². The van der Waals surface area contributed by atoms with E-state index in [1.54, 1.807) is 6.07 Å². The van der Waals surface area contributed by atoms with Gasteiger partial charge in [-0.15, -0.1) is 0 Å². The maximum Gasteiger partial charge on any atom is 0.248 e. The van der Waals surface area contributed by atoms with E-state index in [1.807, 2.05) is 6.07 Å². The Morgan fingerprint density at radius 3 is 2.86 bits per heavy atom.